The van der Waals surface area contributed by atoms with Gasteiger partial charge in [0.15, 0.2) is 0 Å². The zero-order chi connectivity index (χ0) is 12.4. The van der Waals surface area contributed by atoms with Gasteiger partial charge in [-0.05, 0) is 38.1 Å². The number of carbonyl (C=O) groups excluding carboxylic acids is 1. The van der Waals surface area contributed by atoms with Crippen molar-refractivity contribution in [1.82, 2.24) is 4.90 Å². The number of rotatable bonds is 2. The van der Waals surface area contributed by atoms with Gasteiger partial charge in [0.2, 0.25) is 0 Å². The molecule has 0 aromatic heterocycles. The minimum Gasteiger partial charge on any atom is -0.380 e. The molecular weight excluding hydrogens is 226 g/mol. The predicted octanol–water partition coefficient (Wildman–Crippen LogP) is 2.25. The summed E-state index contributed by atoms with van der Waals surface area (Å²) in [5, 5.41) is 0. The summed E-state index contributed by atoms with van der Waals surface area (Å²) < 4.78 is 5.48. The van der Waals surface area contributed by atoms with E-state index in [1.165, 1.54) is 45.1 Å². The van der Waals surface area contributed by atoms with Crippen LogP contribution in [-0.2, 0) is 9.53 Å². The average Bonchev–Trinajstić information content (AvgIpc) is 2.42. The van der Waals surface area contributed by atoms with E-state index in [0.29, 0.717) is 25.4 Å². The lowest BCUT2D eigenvalue weighted by atomic mass is 9.78. The lowest BCUT2D eigenvalue weighted by Crippen LogP contribution is -2.50. The number of fused-ring (bicyclic) bond motifs is 1. The molecule has 0 N–H and O–H groups in total. The van der Waals surface area contributed by atoms with E-state index in [4.69, 9.17) is 4.74 Å². The van der Waals surface area contributed by atoms with Crippen molar-refractivity contribution < 1.29 is 9.53 Å². The molecule has 3 atom stereocenters. The first kappa shape index (κ1) is 12.6. The van der Waals surface area contributed by atoms with Crippen LogP contribution in [0.25, 0.3) is 0 Å². The lowest BCUT2D eigenvalue weighted by molar-refractivity contribution is -0.132. The van der Waals surface area contributed by atoms with E-state index in [1.807, 2.05) is 0 Å². The molecule has 0 amide bonds. The molecule has 0 bridgehead atoms. The smallest absolute Gasteiger partial charge is 0.141 e. The van der Waals surface area contributed by atoms with Crippen molar-refractivity contribution in [3.8, 4) is 0 Å². The third-order valence-corrected chi connectivity index (χ3v) is 5.08. The quantitative estimate of drug-likeness (QED) is 0.754. The summed E-state index contributed by atoms with van der Waals surface area (Å²) in [5.41, 5.74) is 0. The van der Waals surface area contributed by atoms with Gasteiger partial charge in [0.1, 0.15) is 5.78 Å². The Balaban J connectivity index is 1.61. The minimum absolute atomic E-state index is 0.152. The van der Waals surface area contributed by atoms with E-state index in [-0.39, 0.29) is 5.92 Å². The van der Waals surface area contributed by atoms with Crippen LogP contribution >= 0.6 is 0 Å². The van der Waals surface area contributed by atoms with Crippen molar-refractivity contribution in [1.29, 1.82) is 0 Å². The number of ketones is 1. The maximum atomic E-state index is 11.9. The summed E-state index contributed by atoms with van der Waals surface area (Å²) in [5.74, 6) is 1.49. The number of Topliss-reactive ketones (excluding diaryl/α,β-unsaturated/α-hetero) is 1. The van der Waals surface area contributed by atoms with Crippen LogP contribution in [0.4, 0.5) is 0 Å². The highest BCUT2D eigenvalue weighted by molar-refractivity contribution is 5.82. The van der Waals surface area contributed by atoms with Gasteiger partial charge in [0.25, 0.3) is 0 Å². The van der Waals surface area contributed by atoms with Crippen LogP contribution in [0.5, 0.6) is 0 Å². The Morgan fingerprint density at radius 1 is 1.17 bits per heavy atom. The fourth-order valence-corrected chi connectivity index (χ4v) is 4.09. The Kier molecular flexibility index (Phi) is 4.00. The minimum atomic E-state index is 0.152. The van der Waals surface area contributed by atoms with E-state index in [9.17, 15) is 4.79 Å². The molecule has 2 saturated heterocycles. The summed E-state index contributed by atoms with van der Waals surface area (Å²) in [6, 6.07) is 0.766. The third-order valence-electron chi connectivity index (χ3n) is 5.08. The fourth-order valence-electron chi connectivity index (χ4n) is 4.09. The second kappa shape index (κ2) is 5.70. The first-order chi connectivity index (χ1) is 8.84. The molecule has 0 radical (unpaired) electrons. The normalized spacial score (nSPS) is 38.4. The highest BCUT2D eigenvalue weighted by Gasteiger charge is 2.35. The second-order valence-corrected chi connectivity index (χ2v) is 6.24. The van der Waals surface area contributed by atoms with Crippen LogP contribution in [0, 0.1) is 11.8 Å². The molecule has 1 unspecified atom stereocenters. The molecule has 0 spiro atoms. The van der Waals surface area contributed by atoms with Gasteiger partial charge in [-0.25, -0.2) is 0 Å². The molecule has 3 nitrogen and oxygen atoms in total. The summed E-state index contributed by atoms with van der Waals surface area (Å²) in [6.07, 6.45) is 8.93. The van der Waals surface area contributed by atoms with Crippen molar-refractivity contribution >= 4 is 5.78 Å². The highest BCUT2D eigenvalue weighted by Crippen LogP contribution is 2.35. The van der Waals surface area contributed by atoms with Crippen LogP contribution in [0.3, 0.4) is 0 Å². The Morgan fingerprint density at radius 3 is 2.89 bits per heavy atom. The standard InChI is InChI=1S/C15H25NO2/c17-15-7-9-18-11-13(15)10-16-8-3-5-12-4-1-2-6-14(12)16/h12-14H,1-11H2/t12-,13?,14-/m1/s1. The number of likely N-dealkylation sites (tertiary alicyclic amines) is 1. The zero-order valence-electron chi connectivity index (χ0n) is 11.3. The third kappa shape index (κ3) is 2.62. The first-order valence-corrected chi connectivity index (χ1v) is 7.69. The van der Waals surface area contributed by atoms with Gasteiger partial charge in [-0.15, -0.1) is 0 Å². The molecule has 3 fully saturated rings. The zero-order valence-corrected chi connectivity index (χ0v) is 11.3. The van der Waals surface area contributed by atoms with Gasteiger partial charge in [0.05, 0.1) is 19.1 Å². The van der Waals surface area contributed by atoms with E-state index in [0.717, 1.165) is 18.5 Å². The van der Waals surface area contributed by atoms with Gasteiger partial charge in [-0.1, -0.05) is 12.8 Å². The maximum Gasteiger partial charge on any atom is 0.141 e. The lowest BCUT2D eigenvalue weighted by Gasteiger charge is -2.45. The number of carbonyl (C=O) groups is 1. The Morgan fingerprint density at radius 2 is 2.00 bits per heavy atom. The molecule has 102 valence electrons. The van der Waals surface area contributed by atoms with Crippen molar-refractivity contribution in [3.63, 3.8) is 0 Å². The number of nitrogens with zero attached hydrogens (tertiary/aromatic N) is 1. The largest absolute Gasteiger partial charge is 0.380 e. The molecule has 3 rings (SSSR count). The number of hydrogen-bond acceptors (Lipinski definition) is 3. The topological polar surface area (TPSA) is 29.5 Å². The van der Waals surface area contributed by atoms with E-state index < -0.39 is 0 Å². The van der Waals surface area contributed by atoms with Crippen LogP contribution in [-0.4, -0.2) is 43.0 Å². The van der Waals surface area contributed by atoms with Crippen molar-refractivity contribution in [2.75, 3.05) is 26.3 Å². The maximum absolute atomic E-state index is 11.9. The molecule has 18 heavy (non-hydrogen) atoms. The Hall–Kier alpha value is -0.410. The summed E-state index contributed by atoms with van der Waals surface area (Å²) in [7, 11) is 0. The number of ether oxygens (including phenoxy) is 1. The van der Waals surface area contributed by atoms with Gasteiger partial charge in [-0.2, -0.15) is 0 Å². The molecule has 1 saturated carbocycles. The average molecular weight is 251 g/mol. The fraction of sp³-hybridized carbons (Fsp3) is 0.933. The monoisotopic (exact) mass is 251 g/mol. The van der Waals surface area contributed by atoms with Crippen LogP contribution in [0.15, 0.2) is 0 Å². The molecular formula is C15H25NO2. The van der Waals surface area contributed by atoms with Crippen molar-refractivity contribution in [2.45, 2.75) is 51.0 Å². The SMILES string of the molecule is O=C1CCOCC1CN1CCC[C@H]2CCCC[C@H]21. The molecule has 3 heteroatoms. The molecule has 0 aromatic rings. The van der Waals surface area contributed by atoms with E-state index in [1.54, 1.807) is 0 Å². The van der Waals surface area contributed by atoms with Gasteiger partial charge >= 0.3 is 0 Å². The Bertz CT molecular complexity index is 303. The van der Waals surface area contributed by atoms with E-state index >= 15 is 0 Å². The van der Waals surface area contributed by atoms with Crippen molar-refractivity contribution in [3.05, 3.63) is 0 Å². The van der Waals surface area contributed by atoms with Crippen LogP contribution in [0.2, 0.25) is 0 Å². The summed E-state index contributed by atoms with van der Waals surface area (Å²) in [4.78, 5) is 14.5. The summed E-state index contributed by atoms with van der Waals surface area (Å²) in [6.45, 7) is 3.46. The molecule has 0 aromatic carbocycles. The highest BCUT2D eigenvalue weighted by atomic mass is 16.5. The van der Waals surface area contributed by atoms with Crippen LogP contribution < -0.4 is 0 Å². The molecule has 2 heterocycles. The van der Waals surface area contributed by atoms with Gasteiger partial charge in [0, 0.05) is 19.0 Å². The van der Waals surface area contributed by atoms with Gasteiger partial charge < -0.3 is 4.74 Å². The number of hydrogen-bond donors (Lipinski definition) is 0. The molecule has 3 aliphatic rings. The van der Waals surface area contributed by atoms with E-state index in [2.05, 4.69) is 4.90 Å². The molecule has 1 aliphatic carbocycles. The number of piperidine rings is 1. The Labute approximate surface area is 110 Å². The summed E-state index contributed by atoms with van der Waals surface area (Å²) >= 11 is 0. The van der Waals surface area contributed by atoms with Crippen LogP contribution in [0.1, 0.15) is 44.9 Å². The molecule has 2 aliphatic heterocycles. The first-order valence-electron chi connectivity index (χ1n) is 7.69. The second-order valence-electron chi connectivity index (χ2n) is 6.24. The predicted molar refractivity (Wildman–Crippen MR) is 70.5 cm³/mol. The van der Waals surface area contributed by atoms with Crippen molar-refractivity contribution in [2.24, 2.45) is 11.8 Å². The van der Waals surface area contributed by atoms with Gasteiger partial charge in [-0.3, -0.25) is 9.69 Å².